The summed E-state index contributed by atoms with van der Waals surface area (Å²) in [6.07, 6.45) is 3.06. The van der Waals surface area contributed by atoms with Gasteiger partial charge in [-0.15, -0.1) is 0 Å². The highest BCUT2D eigenvalue weighted by atomic mass is 79.9. The van der Waals surface area contributed by atoms with Crippen molar-refractivity contribution in [2.75, 3.05) is 13.2 Å². The van der Waals surface area contributed by atoms with E-state index >= 15 is 0 Å². The van der Waals surface area contributed by atoms with Crippen molar-refractivity contribution in [2.24, 2.45) is 18.7 Å². The molecule has 1 aromatic rings. The van der Waals surface area contributed by atoms with Gasteiger partial charge in [0.1, 0.15) is 0 Å². The molecular weight excluding hydrogens is 282 g/mol. The van der Waals surface area contributed by atoms with Crippen molar-refractivity contribution < 1.29 is 4.74 Å². The molecule has 5 heteroatoms. The third kappa shape index (κ3) is 3.09. The Hall–Kier alpha value is -0.390. The van der Waals surface area contributed by atoms with Crippen LogP contribution in [0.25, 0.3) is 0 Å². The maximum absolute atomic E-state index is 6.22. The van der Waals surface area contributed by atoms with Gasteiger partial charge in [-0.1, -0.05) is 0 Å². The highest BCUT2D eigenvalue weighted by molar-refractivity contribution is 9.10. The number of hydrogen-bond acceptors (Lipinski definition) is 3. The number of aromatic nitrogens is 2. The minimum atomic E-state index is 0.188. The third-order valence-electron chi connectivity index (χ3n) is 3.38. The van der Waals surface area contributed by atoms with E-state index in [9.17, 15) is 0 Å². The zero-order valence-electron chi connectivity index (χ0n) is 10.4. The van der Waals surface area contributed by atoms with Gasteiger partial charge >= 0.3 is 0 Å². The summed E-state index contributed by atoms with van der Waals surface area (Å²) in [6, 6.07) is 0.188. The average Bonchev–Trinajstić information content (AvgIpc) is 2.83. The summed E-state index contributed by atoms with van der Waals surface area (Å²) < 4.78 is 8.39. The lowest BCUT2D eigenvalue weighted by Crippen LogP contribution is -2.27. The summed E-state index contributed by atoms with van der Waals surface area (Å²) in [5.74, 6) is 0.637. The van der Waals surface area contributed by atoms with Crippen molar-refractivity contribution in [3.63, 3.8) is 0 Å². The summed E-state index contributed by atoms with van der Waals surface area (Å²) in [5.41, 5.74) is 8.43. The molecule has 17 heavy (non-hydrogen) atoms. The molecule has 2 N–H and O–H groups in total. The van der Waals surface area contributed by atoms with Gasteiger partial charge in [-0.25, -0.2) is 0 Å². The van der Waals surface area contributed by atoms with Gasteiger partial charge in [0.2, 0.25) is 0 Å². The second kappa shape index (κ2) is 5.50. The van der Waals surface area contributed by atoms with Crippen LogP contribution in [0.1, 0.15) is 24.2 Å². The van der Waals surface area contributed by atoms with E-state index in [1.54, 1.807) is 0 Å². The van der Waals surface area contributed by atoms with Gasteiger partial charge in [-0.3, -0.25) is 4.68 Å². The molecule has 2 atom stereocenters. The lowest BCUT2D eigenvalue weighted by molar-refractivity contribution is 0.182. The summed E-state index contributed by atoms with van der Waals surface area (Å²) in [5, 5.41) is 4.39. The van der Waals surface area contributed by atoms with Gasteiger partial charge in [0, 0.05) is 32.7 Å². The molecule has 0 amide bonds. The maximum Gasteiger partial charge on any atom is 0.0738 e. The molecule has 1 aliphatic heterocycles. The summed E-state index contributed by atoms with van der Waals surface area (Å²) in [6.45, 7) is 3.77. The number of ether oxygens (including phenoxy) is 1. The van der Waals surface area contributed by atoms with Crippen LogP contribution in [0.3, 0.4) is 0 Å². The fourth-order valence-electron chi connectivity index (χ4n) is 2.43. The standard InChI is InChI=1S/C12H20BrN3O/c1-8-12(13)11(16(2)15-8)6-10(14)5-9-3-4-17-7-9/h9-10H,3-7,14H2,1-2H3. The molecule has 1 aromatic heterocycles. The van der Waals surface area contributed by atoms with Crippen molar-refractivity contribution in [3.05, 3.63) is 15.9 Å². The topological polar surface area (TPSA) is 53.1 Å². The first-order valence-corrected chi connectivity index (χ1v) is 6.88. The highest BCUT2D eigenvalue weighted by Crippen LogP contribution is 2.24. The van der Waals surface area contributed by atoms with Crippen molar-refractivity contribution in [1.29, 1.82) is 0 Å². The quantitative estimate of drug-likeness (QED) is 0.922. The smallest absolute Gasteiger partial charge is 0.0738 e. The largest absolute Gasteiger partial charge is 0.381 e. The number of halogens is 1. The predicted octanol–water partition coefficient (Wildman–Crippen LogP) is 1.79. The van der Waals surface area contributed by atoms with Crippen LogP contribution in [-0.4, -0.2) is 29.0 Å². The van der Waals surface area contributed by atoms with E-state index in [-0.39, 0.29) is 6.04 Å². The Morgan fingerprint density at radius 3 is 2.94 bits per heavy atom. The van der Waals surface area contributed by atoms with Gasteiger partial charge < -0.3 is 10.5 Å². The van der Waals surface area contributed by atoms with Gasteiger partial charge in [-0.2, -0.15) is 5.10 Å². The Bertz CT molecular complexity index is 385. The van der Waals surface area contributed by atoms with Gasteiger partial charge in [-0.05, 0) is 41.6 Å². The zero-order valence-corrected chi connectivity index (χ0v) is 12.0. The molecule has 0 bridgehead atoms. The molecule has 1 fully saturated rings. The Labute approximate surface area is 111 Å². The predicted molar refractivity (Wildman–Crippen MR) is 70.9 cm³/mol. The lowest BCUT2D eigenvalue weighted by atomic mass is 9.97. The molecule has 2 heterocycles. The minimum Gasteiger partial charge on any atom is -0.381 e. The Morgan fingerprint density at radius 2 is 2.41 bits per heavy atom. The van der Waals surface area contributed by atoms with Gasteiger partial charge in [0.15, 0.2) is 0 Å². The fraction of sp³-hybridized carbons (Fsp3) is 0.750. The van der Waals surface area contributed by atoms with E-state index in [1.165, 1.54) is 5.69 Å². The Kier molecular flexibility index (Phi) is 4.22. The molecule has 2 rings (SSSR count). The number of aryl methyl sites for hydroxylation is 2. The van der Waals surface area contributed by atoms with Crippen LogP contribution in [0, 0.1) is 12.8 Å². The first-order chi connectivity index (χ1) is 8.08. The zero-order chi connectivity index (χ0) is 12.4. The van der Waals surface area contributed by atoms with Crippen LogP contribution < -0.4 is 5.73 Å². The van der Waals surface area contributed by atoms with Crippen LogP contribution in [0.15, 0.2) is 4.47 Å². The van der Waals surface area contributed by atoms with Crippen molar-refractivity contribution in [2.45, 2.75) is 32.2 Å². The van der Waals surface area contributed by atoms with Crippen LogP contribution in [-0.2, 0) is 18.2 Å². The van der Waals surface area contributed by atoms with Crippen LogP contribution >= 0.6 is 15.9 Å². The summed E-state index contributed by atoms with van der Waals surface area (Å²) in [7, 11) is 1.97. The summed E-state index contributed by atoms with van der Waals surface area (Å²) >= 11 is 3.58. The molecule has 1 aliphatic rings. The maximum atomic E-state index is 6.22. The molecule has 4 nitrogen and oxygen atoms in total. The SMILES string of the molecule is Cc1nn(C)c(CC(N)CC2CCOC2)c1Br. The first-order valence-electron chi connectivity index (χ1n) is 6.09. The molecule has 0 aliphatic carbocycles. The van der Waals surface area contributed by atoms with E-state index in [0.717, 1.165) is 42.6 Å². The molecule has 0 saturated carbocycles. The van der Waals surface area contributed by atoms with E-state index in [0.29, 0.717) is 5.92 Å². The Morgan fingerprint density at radius 1 is 1.65 bits per heavy atom. The van der Waals surface area contributed by atoms with E-state index in [4.69, 9.17) is 10.5 Å². The number of nitrogens with two attached hydrogens (primary N) is 1. The normalized spacial score (nSPS) is 22.0. The van der Waals surface area contributed by atoms with E-state index in [2.05, 4.69) is 21.0 Å². The molecule has 0 spiro atoms. The van der Waals surface area contributed by atoms with Crippen LogP contribution in [0.5, 0.6) is 0 Å². The van der Waals surface area contributed by atoms with Crippen molar-refractivity contribution >= 4 is 15.9 Å². The molecule has 2 unspecified atom stereocenters. The summed E-state index contributed by atoms with van der Waals surface area (Å²) in [4.78, 5) is 0. The van der Waals surface area contributed by atoms with Crippen molar-refractivity contribution in [3.8, 4) is 0 Å². The van der Waals surface area contributed by atoms with Gasteiger partial charge in [0.25, 0.3) is 0 Å². The number of rotatable bonds is 4. The monoisotopic (exact) mass is 301 g/mol. The lowest BCUT2D eigenvalue weighted by Gasteiger charge is -2.15. The first kappa shape index (κ1) is 13.1. The molecule has 1 saturated heterocycles. The third-order valence-corrected chi connectivity index (χ3v) is 4.41. The van der Waals surface area contributed by atoms with Crippen molar-refractivity contribution in [1.82, 2.24) is 9.78 Å². The minimum absolute atomic E-state index is 0.188. The number of hydrogen-bond donors (Lipinski definition) is 1. The fourth-order valence-corrected chi connectivity index (χ4v) is 2.93. The van der Waals surface area contributed by atoms with Crippen LogP contribution in [0.2, 0.25) is 0 Å². The average molecular weight is 302 g/mol. The molecule has 0 radical (unpaired) electrons. The molecule has 0 aromatic carbocycles. The van der Waals surface area contributed by atoms with E-state index < -0.39 is 0 Å². The van der Waals surface area contributed by atoms with Gasteiger partial charge in [0.05, 0.1) is 15.9 Å². The molecular formula is C12H20BrN3O. The second-order valence-electron chi connectivity index (χ2n) is 4.90. The highest BCUT2D eigenvalue weighted by Gasteiger charge is 2.21. The molecule has 96 valence electrons. The number of nitrogens with zero attached hydrogens (tertiary/aromatic N) is 2. The Balaban J connectivity index is 1.95. The van der Waals surface area contributed by atoms with Crippen LogP contribution in [0.4, 0.5) is 0 Å². The van der Waals surface area contributed by atoms with E-state index in [1.807, 2.05) is 18.7 Å². The second-order valence-corrected chi connectivity index (χ2v) is 5.69.